The lowest BCUT2D eigenvalue weighted by atomic mass is 10.3. The highest BCUT2D eigenvalue weighted by atomic mass is 35.5. The van der Waals surface area contributed by atoms with Gasteiger partial charge in [0.05, 0.1) is 0 Å². The second-order valence-electron chi connectivity index (χ2n) is 2.05. The molecule has 1 aromatic rings. The normalized spacial score (nSPS) is 8.67. The molecule has 0 saturated heterocycles. The number of nitrogens with two attached hydrogens (primary N) is 2. The Balaban J connectivity index is 0.00000121. The van der Waals surface area contributed by atoms with Gasteiger partial charge in [-0.25, -0.2) is 0 Å². The van der Waals surface area contributed by atoms with Crippen LogP contribution in [-0.2, 0) is 5.75 Å². The minimum Gasteiger partial charge on any atom is -0.282 e. The van der Waals surface area contributed by atoms with Crippen molar-refractivity contribution in [2.24, 2.45) is 5.73 Å². The zero-order chi connectivity index (χ0) is 8.10. The minimum atomic E-state index is 0. The van der Waals surface area contributed by atoms with Crippen molar-refractivity contribution in [2.75, 3.05) is 0 Å². The molecule has 0 unspecified atom stereocenters. The van der Waals surface area contributed by atoms with E-state index in [1.54, 1.807) is 12.4 Å². The van der Waals surface area contributed by atoms with Gasteiger partial charge in [-0.1, -0.05) is 0 Å². The molecule has 0 aromatic carbocycles. The Morgan fingerprint density at radius 1 is 1.50 bits per heavy atom. The van der Waals surface area contributed by atoms with Gasteiger partial charge in [0.1, 0.15) is 0 Å². The topological polar surface area (TPSA) is 64.5 Å². The van der Waals surface area contributed by atoms with Crippen molar-refractivity contribution in [3.8, 4) is 0 Å². The number of amidine groups is 1. The number of halogens is 1. The maximum absolute atomic E-state index is 5.28. The molecular weight excluding hydrogens is 194 g/mol. The summed E-state index contributed by atoms with van der Waals surface area (Å²) in [6, 6.07) is 3.88. The Labute approximate surface area is 81.7 Å². The number of thioether (sulfide) groups is 1. The molecule has 0 radical (unpaired) electrons. The molecule has 12 heavy (non-hydrogen) atoms. The number of pyridine rings is 1. The fourth-order valence-corrected chi connectivity index (χ4v) is 1.17. The molecule has 1 aromatic heterocycles. The first-order chi connectivity index (χ1) is 5.29. The average molecular weight is 205 g/mol. The third-order valence-corrected chi connectivity index (χ3v) is 1.97. The van der Waals surface area contributed by atoms with Gasteiger partial charge in [-0.2, -0.15) is 0 Å². The van der Waals surface area contributed by atoms with Crippen LogP contribution in [0.5, 0.6) is 0 Å². The summed E-state index contributed by atoms with van der Waals surface area (Å²) in [6.07, 6.45) is 3.51. The zero-order valence-corrected chi connectivity index (χ0v) is 8.07. The highest BCUT2D eigenvalue weighted by molar-refractivity contribution is 8.12. The molecular formula is C7H11ClN3S+. The monoisotopic (exact) mass is 204 g/mol. The first kappa shape index (κ1) is 11.3. The number of hydrogen-bond donors (Lipinski definition) is 2. The predicted molar refractivity (Wildman–Crippen MR) is 53.9 cm³/mol. The Morgan fingerprint density at radius 3 is 2.58 bits per heavy atom. The Hall–Kier alpha value is -0.740. The van der Waals surface area contributed by atoms with Crippen LogP contribution < -0.4 is 11.1 Å². The SMILES string of the molecule is Cl.NC(=[NH2+])SCc1ccncc1. The summed E-state index contributed by atoms with van der Waals surface area (Å²) in [5.41, 5.74) is 6.46. The lowest BCUT2D eigenvalue weighted by molar-refractivity contribution is -0.110. The molecule has 5 heteroatoms. The van der Waals surface area contributed by atoms with E-state index < -0.39 is 0 Å². The molecule has 0 saturated carbocycles. The minimum absolute atomic E-state index is 0. The fraction of sp³-hybridized carbons (Fsp3) is 0.143. The molecule has 0 bridgehead atoms. The second kappa shape index (κ2) is 5.85. The van der Waals surface area contributed by atoms with E-state index in [0.29, 0.717) is 5.17 Å². The maximum Gasteiger partial charge on any atom is 0.300 e. The highest BCUT2D eigenvalue weighted by Crippen LogP contribution is 2.08. The Kier molecular flexibility index (Phi) is 5.49. The molecule has 4 N–H and O–H groups in total. The van der Waals surface area contributed by atoms with E-state index in [-0.39, 0.29) is 12.4 Å². The molecule has 0 aliphatic carbocycles. The molecule has 0 spiro atoms. The fourth-order valence-electron chi connectivity index (χ4n) is 0.646. The largest absolute Gasteiger partial charge is 0.300 e. The summed E-state index contributed by atoms with van der Waals surface area (Å²) in [5, 5.41) is 5.69. The average Bonchev–Trinajstić information content (AvgIpc) is 2.03. The first-order valence-corrected chi connectivity index (χ1v) is 4.17. The molecule has 0 fully saturated rings. The van der Waals surface area contributed by atoms with Crippen LogP contribution in [0.2, 0.25) is 0 Å². The van der Waals surface area contributed by atoms with Gasteiger partial charge in [0, 0.05) is 18.1 Å². The molecule has 66 valence electrons. The summed E-state index contributed by atoms with van der Waals surface area (Å²) in [5.74, 6) is 0.810. The zero-order valence-electron chi connectivity index (χ0n) is 6.43. The van der Waals surface area contributed by atoms with Crippen molar-refractivity contribution >= 4 is 29.3 Å². The third-order valence-electron chi connectivity index (χ3n) is 1.15. The standard InChI is InChI=1S/C7H9N3S.ClH/c8-7(9)11-5-6-1-3-10-4-2-6;/h1-4H,5H2,(H3,8,9);1H/p+1. The number of hydrogen-bond acceptors (Lipinski definition) is 2. The van der Waals surface area contributed by atoms with E-state index in [1.807, 2.05) is 12.1 Å². The Morgan fingerprint density at radius 2 is 2.08 bits per heavy atom. The lowest BCUT2D eigenvalue weighted by Crippen LogP contribution is -2.43. The van der Waals surface area contributed by atoms with E-state index in [9.17, 15) is 0 Å². The van der Waals surface area contributed by atoms with E-state index in [0.717, 1.165) is 5.75 Å². The van der Waals surface area contributed by atoms with E-state index in [4.69, 9.17) is 11.1 Å². The van der Waals surface area contributed by atoms with Gasteiger partial charge >= 0.3 is 0 Å². The summed E-state index contributed by atoms with van der Waals surface area (Å²) < 4.78 is 0. The van der Waals surface area contributed by atoms with Crippen molar-refractivity contribution in [3.63, 3.8) is 0 Å². The van der Waals surface area contributed by atoms with Crippen LogP contribution in [0.3, 0.4) is 0 Å². The quantitative estimate of drug-likeness (QED) is 0.519. The van der Waals surface area contributed by atoms with Crippen LogP contribution >= 0.6 is 24.2 Å². The van der Waals surface area contributed by atoms with Crippen LogP contribution in [-0.4, -0.2) is 10.2 Å². The smallest absolute Gasteiger partial charge is 0.282 e. The van der Waals surface area contributed by atoms with Gasteiger partial charge in [-0.15, -0.1) is 12.4 Å². The number of rotatable bonds is 2. The van der Waals surface area contributed by atoms with Gasteiger partial charge in [0.2, 0.25) is 0 Å². The molecule has 1 heterocycles. The van der Waals surface area contributed by atoms with Gasteiger partial charge in [-0.3, -0.25) is 16.1 Å². The van der Waals surface area contributed by atoms with Crippen molar-refractivity contribution in [1.29, 1.82) is 0 Å². The van der Waals surface area contributed by atoms with Gasteiger partial charge in [0.15, 0.2) is 0 Å². The van der Waals surface area contributed by atoms with Crippen molar-refractivity contribution in [3.05, 3.63) is 30.1 Å². The molecule has 0 amide bonds. The predicted octanol–water partition coefficient (Wildman–Crippen LogP) is -0.190. The summed E-state index contributed by atoms with van der Waals surface area (Å²) in [4.78, 5) is 3.89. The molecule has 3 nitrogen and oxygen atoms in total. The summed E-state index contributed by atoms with van der Waals surface area (Å²) >= 11 is 1.43. The van der Waals surface area contributed by atoms with Gasteiger partial charge in [0.25, 0.3) is 5.17 Å². The van der Waals surface area contributed by atoms with Crippen molar-refractivity contribution in [1.82, 2.24) is 4.98 Å². The summed E-state index contributed by atoms with van der Waals surface area (Å²) in [6.45, 7) is 0. The highest BCUT2D eigenvalue weighted by Gasteiger charge is 1.96. The van der Waals surface area contributed by atoms with Crippen LogP contribution in [0.25, 0.3) is 0 Å². The van der Waals surface area contributed by atoms with Crippen LogP contribution in [0, 0.1) is 0 Å². The van der Waals surface area contributed by atoms with Crippen molar-refractivity contribution in [2.45, 2.75) is 5.75 Å². The number of nitrogens with zero attached hydrogens (tertiary/aromatic N) is 1. The van der Waals surface area contributed by atoms with E-state index in [2.05, 4.69) is 4.98 Å². The van der Waals surface area contributed by atoms with Crippen molar-refractivity contribution < 1.29 is 5.41 Å². The van der Waals surface area contributed by atoms with Crippen LogP contribution in [0.4, 0.5) is 0 Å². The Bertz CT molecular complexity index is 240. The lowest BCUT2D eigenvalue weighted by Gasteiger charge is -1.94. The van der Waals surface area contributed by atoms with Gasteiger partial charge < -0.3 is 0 Å². The molecule has 0 aliphatic rings. The molecule has 1 rings (SSSR count). The third kappa shape index (κ3) is 4.20. The number of aromatic nitrogens is 1. The first-order valence-electron chi connectivity index (χ1n) is 3.18. The van der Waals surface area contributed by atoms with Crippen LogP contribution in [0.1, 0.15) is 5.56 Å². The summed E-state index contributed by atoms with van der Waals surface area (Å²) in [7, 11) is 0. The van der Waals surface area contributed by atoms with E-state index in [1.165, 1.54) is 17.3 Å². The molecule has 0 atom stereocenters. The maximum atomic E-state index is 5.28. The van der Waals surface area contributed by atoms with Gasteiger partial charge in [-0.05, 0) is 29.5 Å². The van der Waals surface area contributed by atoms with E-state index >= 15 is 0 Å². The molecule has 0 aliphatic heterocycles. The van der Waals surface area contributed by atoms with Crippen LogP contribution in [0.15, 0.2) is 24.5 Å². The second-order valence-corrected chi connectivity index (χ2v) is 3.10.